The molecule has 0 bridgehead atoms. The Kier molecular flexibility index (Phi) is 4.83. The van der Waals surface area contributed by atoms with E-state index in [0.29, 0.717) is 12.4 Å². The molecule has 3 aromatic rings. The van der Waals surface area contributed by atoms with Crippen molar-refractivity contribution < 1.29 is 4.52 Å². The molecule has 0 aliphatic heterocycles. The number of aromatic nitrogens is 4. The zero-order chi connectivity index (χ0) is 16.1. The van der Waals surface area contributed by atoms with Gasteiger partial charge in [-0.2, -0.15) is 10.1 Å². The van der Waals surface area contributed by atoms with Gasteiger partial charge in [0.2, 0.25) is 5.89 Å². The van der Waals surface area contributed by atoms with Crippen LogP contribution >= 0.6 is 0 Å². The molecule has 0 saturated carbocycles. The van der Waals surface area contributed by atoms with Crippen LogP contribution in [0.5, 0.6) is 0 Å². The lowest BCUT2D eigenvalue weighted by Crippen LogP contribution is -2.17. The molecule has 0 aliphatic rings. The second kappa shape index (κ2) is 7.19. The number of benzene rings is 1. The molecule has 2 heterocycles. The van der Waals surface area contributed by atoms with Gasteiger partial charge >= 0.3 is 0 Å². The first kappa shape index (κ1) is 15.4. The number of hydrogen-bond donors (Lipinski definition) is 0. The van der Waals surface area contributed by atoms with Crippen LogP contribution in [-0.4, -0.2) is 31.9 Å². The molecule has 23 heavy (non-hydrogen) atoms. The van der Waals surface area contributed by atoms with Crippen LogP contribution in [0.15, 0.2) is 47.2 Å². The molecular formula is C17H21N5O. The Labute approximate surface area is 135 Å². The van der Waals surface area contributed by atoms with Crippen LogP contribution in [0.3, 0.4) is 0 Å². The van der Waals surface area contributed by atoms with Crippen molar-refractivity contribution in [2.24, 2.45) is 7.05 Å². The number of aryl methyl sites for hydroxylation is 3. The first-order valence-electron chi connectivity index (χ1n) is 7.70. The summed E-state index contributed by atoms with van der Waals surface area (Å²) in [6.45, 7) is 1.43. The van der Waals surface area contributed by atoms with Crippen molar-refractivity contribution in [3.05, 3.63) is 65.6 Å². The molecule has 0 unspecified atom stereocenters. The van der Waals surface area contributed by atoms with Gasteiger partial charge in [0.1, 0.15) is 0 Å². The Morgan fingerprint density at radius 2 is 1.91 bits per heavy atom. The minimum Gasteiger partial charge on any atom is -0.338 e. The average Bonchev–Trinajstić information content (AvgIpc) is 3.15. The summed E-state index contributed by atoms with van der Waals surface area (Å²) in [5.41, 5.74) is 2.45. The zero-order valence-electron chi connectivity index (χ0n) is 13.5. The monoisotopic (exact) mass is 311 g/mol. The van der Waals surface area contributed by atoms with E-state index in [1.54, 1.807) is 4.68 Å². The summed E-state index contributed by atoms with van der Waals surface area (Å²) >= 11 is 0. The van der Waals surface area contributed by atoms with Crippen molar-refractivity contribution in [3.8, 4) is 0 Å². The lowest BCUT2D eigenvalue weighted by Gasteiger charge is -2.12. The fourth-order valence-electron chi connectivity index (χ4n) is 2.51. The lowest BCUT2D eigenvalue weighted by atomic mass is 10.1. The van der Waals surface area contributed by atoms with Crippen molar-refractivity contribution in [1.29, 1.82) is 0 Å². The van der Waals surface area contributed by atoms with Gasteiger partial charge < -0.3 is 4.52 Å². The first-order valence-corrected chi connectivity index (χ1v) is 7.70. The van der Waals surface area contributed by atoms with E-state index in [2.05, 4.69) is 32.3 Å². The highest BCUT2D eigenvalue weighted by Gasteiger charge is 2.10. The third-order valence-corrected chi connectivity index (χ3v) is 3.61. The van der Waals surface area contributed by atoms with E-state index in [4.69, 9.17) is 4.52 Å². The first-order chi connectivity index (χ1) is 11.2. The van der Waals surface area contributed by atoms with Crippen LogP contribution in [-0.2, 0) is 33.0 Å². The largest absolute Gasteiger partial charge is 0.338 e. The maximum Gasteiger partial charge on any atom is 0.240 e. The predicted molar refractivity (Wildman–Crippen MR) is 86.5 cm³/mol. The summed E-state index contributed by atoms with van der Waals surface area (Å²) in [7, 11) is 3.95. The van der Waals surface area contributed by atoms with Crippen molar-refractivity contribution >= 4 is 0 Å². The van der Waals surface area contributed by atoms with Gasteiger partial charge in [-0.1, -0.05) is 35.5 Å². The van der Waals surface area contributed by atoms with Crippen molar-refractivity contribution in [1.82, 2.24) is 24.8 Å². The van der Waals surface area contributed by atoms with Gasteiger partial charge in [-0.15, -0.1) is 0 Å². The van der Waals surface area contributed by atoms with Crippen molar-refractivity contribution in [2.45, 2.75) is 25.9 Å². The lowest BCUT2D eigenvalue weighted by molar-refractivity contribution is 0.260. The standard InChI is InChI=1S/C17H21N5O/c1-21(11-15-10-18-22(2)12-15)13-17-19-16(20-23-17)9-8-14-6-4-3-5-7-14/h3-7,10,12H,8-9,11,13H2,1-2H3. The maximum atomic E-state index is 5.34. The maximum absolute atomic E-state index is 5.34. The molecule has 0 atom stereocenters. The number of rotatable bonds is 7. The molecule has 6 heteroatoms. The third kappa shape index (κ3) is 4.50. The molecular weight excluding hydrogens is 290 g/mol. The smallest absolute Gasteiger partial charge is 0.240 e. The number of hydrogen-bond acceptors (Lipinski definition) is 5. The molecule has 2 aromatic heterocycles. The summed E-state index contributed by atoms with van der Waals surface area (Å²) in [5.74, 6) is 1.41. The normalized spacial score (nSPS) is 11.3. The van der Waals surface area contributed by atoms with Crippen molar-refractivity contribution in [2.75, 3.05) is 7.05 Å². The Morgan fingerprint density at radius 1 is 1.09 bits per heavy atom. The summed E-state index contributed by atoms with van der Waals surface area (Å²) in [6.07, 6.45) is 5.59. The third-order valence-electron chi connectivity index (χ3n) is 3.61. The van der Waals surface area contributed by atoms with Gasteiger partial charge in [-0.05, 0) is 19.0 Å². The Morgan fingerprint density at radius 3 is 2.65 bits per heavy atom. The van der Waals surface area contributed by atoms with Crippen LogP contribution in [0.2, 0.25) is 0 Å². The fourth-order valence-corrected chi connectivity index (χ4v) is 2.51. The van der Waals surface area contributed by atoms with Crippen LogP contribution in [0.1, 0.15) is 22.8 Å². The molecule has 1 aromatic carbocycles. The van der Waals surface area contributed by atoms with Gasteiger partial charge in [-0.25, -0.2) is 0 Å². The molecule has 3 rings (SSSR count). The van der Waals surface area contributed by atoms with E-state index in [-0.39, 0.29) is 0 Å². The van der Waals surface area contributed by atoms with Crippen LogP contribution in [0.25, 0.3) is 0 Å². The number of nitrogens with zero attached hydrogens (tertiary/aromatic N) is 5. The molecule has 120 valence electrons. The van der Waals surface area contributed by atoms with Crippen LogP contribution in [0.4, 0.5) is 0 Å². The van der Waals surface area contributed by atoms with E-state index in [0.717, 1.165) is 25.2 Å². The molecule has 0 amide bonds. The van der Waals surface area contributed by atoms with Crippen LogP contribution < -0.4 is 0 Å². The molecule has 0 spiro atoms. The van der Waals surface area contributed by atoms with Crippen LogP contribution in [0, 0.1) is 0 Å². The fraction of sp³-hybridized carbons (Fsp3) is 0.353. The second-order valence-electron chi connectivity index (χ2n) is 5.78. The summed E-state index contributed by atoms with van der Waals surface area (Å²) in [5, 5.41) is 8.24. The minimum atomic E-state index is 0.632. The summed E-state index contributed by atoms with van der Waals surface area (Å²) in [4.78, 5) is 6.60. The summed E-state index contributed by atoms with van der Waals surface area (Å²) < 4.78 is 7.15. The molecule has 0 saturated heterocycles. The summed E-state index contributed by atoms with van der Waals surface area (Å²) in [6, 6.07) is 10.3. The highest BCUT2D eigenvalue weighted by Crippen LogP contribution is 2.08. The minimum absolute atomic E-state index is 0.632. The second-order valence-corrected chi connectivity index (χ2v) is 5.78. The highest BCUT2D eigenvalue weighted by atomic mass is 16.5. The predicted octanol–water partition coefficient (Wildman–Crippen LogP) is 2.22. The van der Waals surface area contributed by atoms with Gasteiger partial charge in [0.15, 0.2) is 5.82 Å². The molecule has 0 N–H and O–H groups in total. The Balaban J connectivity index is 1.50. The van der Waals surface area contributed by atoms with E-state index in [1.807, 2.05) is 44.7 Å². The highest BCUT2D eigenvalue weighted by molar-refractivity contribution is 5.15. The molecule has 0 radical (unpaired) electrons. The van der Waals surface area contributed by atoms with E-state index >= 15 is 0 Å². The quantitative estimate of drug-likeness (QED) is 0.669. The van der Waals surface area contributed by atoms with E-state index in [1.165, 1.54) is 11.1 Å². The molecule has 0 fully saturated rings. The Hall–Kier alpha value is -2.47. The van der Waals surface area contributed by atoms with Gasteiger partial charge in [-0.3, -0.25) is 9.58 Å². The van der Waals surface area contributed by atoms with Gasteiger partial charge in [0.25, 0.3) is 0 Å². The Bertz CT molecular complexity index is 734. The zero-order valence-corrected chi connectivity index (χ0v) is 13.5. The van der Waals surface area contributed by atoms with Gasteiger partial charge in [0.05, 0.1) is 12.7 Å². The SMILES string of the molecule is CN(Cc1cnn(C)c1)Cc1nc(CCc2ccccc2)no1. The van der Waals surface area contributed by atoms with E-state index in [9.17, 15) is 0 Å². The van der Waals surface area contributed by atoms with Gasteiger partial charge in [0, 0.05) is 31.8 Å². The van der Waals surface area contributed by atoms with Crippen molar-refractivity contribution in [3.63, 3.8) is 0 Å². The van der Waals surface area contributed by atoms with E-state index < -0.39 is 0 Å². The topological polar surface area (TPSA) is 60.0 Å². The molecule has 6 nitrogen and oxygen atoms in total. The average molecular weight is 311 g/mol. The molecule has 0 aliphatic carbocycles.